The van der Waals surface area contributed by atoms with Crippen LogP contribution in [0.15, 0.2) is 28.4 Å². The van der Waals surface area contributed by atoms with Gasteiger partial charge in [0.1, 0.15) is 18.1 Å². The standard InChI is InChI=1S/C16H22NO3/c1-5-12(19-7-3)11-16-17(6-2)14-10-13(18-4)8-9-15(14)20-16/h8-11H,5-7H2,1-4H3/q+1/b12-11+. The van der Waals surface area contributed by atoms with Crippen LogP contribution in [0.4, 0.5) is 0 Å². The van der Waals surface area contributed by atoms with E-state index in [-0.39, 0.29) is 0 Å². The highest BCUT2D eigenvalue weighted by molar-refractivity contribution is 5.72. The topological polar surface area (TPSA) is 35.5 Å². The lowest BCUT2D eigenvalue weighted by Crippen LogP contribution is -2.33. The molecule has 2 rings (SSSR count). The summed E-state index contributed by atoms with van der Waals surface area (Å²) in [6.45, 7) is 7.65. The van der Waals surface area contributed by atoms with E-state index in [0.717, 1.165) is 41.5 Å². The third kappa shape index (κ3) is 2.79. The van der Waals surface area contributed by atoms with Crippen molar-refractivity contribution in [3.05, 3.63) is 29.8 Å². The van der Waals surface area contributed by atoms with Gasteiger partial charge < -0.3 is 13.9 Å². The third-order valence-corrected chi connectivity index (χ3v) is 3.22. The molecule has 0 atom stereocenters. The number of aryl methyl sites for hydroxylation is 1. The Morgan fingerprint density at radius 3 is 2.70 bits per heavy atom. The van der Waals surface area contributed by atoms with Crippen molar-refractivity contribution in [2.45, 2.75) is 33.7 Å². The van der Waals surface area contributed by atoms with Crippen molar-refractivity contribution in [2.24, 2.45) is 0 Å². The summed E-state index contributed by atoms with van der Waals surface area (Å²) in [5.74, 6) is 2.57. The first kappa shape index (κ1) is 14.4. The van der Waals surface area contributed by atoms with Crippen molar-refractivity contribution >= 4 is 17.2 Å². The molecule has 0 fully saturated rings. The van der Waals surface area contributed by atoms with E-state index in [9.17, 15) is 0 Å². The molecule has 20 heavy (non-hydrogen) atoms. The fraction of sp³-hybridized carbons (Fsp3) is 0.438. The summed E-state index contributed by atoms with van der Waals surface area (Å²) in [5, 5.41) is 0. The molecule has 0 spiro atoms. The summed E-state index contributed by atoms with van der Waals surface area (Å²) in [7, 11) is 1.67. The summed E-state index contributed by atoms with van der Waals surface area (Å²) < 4.78 is 18.9. The molecule has 0 saturated heterocycles. The van der Waals surface area contributed by atoms with Crippen LogP contribution in [0.25, 0.3) is 17.2 Å². The molecule has 1 aromatic heterocycles. The van der Waals surface area contributed by atoms with E-state index in [1.807, 2.05) is 31.2 Å². The molecule has 0 bridgehead atoms. The second kappa shape index (κ2) is 6.46. The van der Waals surface area contributed by atoms with Crippen LogP contribution in [-0.4, -0.2) is 13.7 Å². The number of hydrogen-bond donors (Lipinski definition) is 0. The number of ether oxygens (including phenoxy) is 2. The highest BCUT2D eigenvalue weighted by Gasteiger charge is 2.20. The first-order valence-corrected chi connectivity index (χ1v) is 7.07. The molecule has 4 nitrogen and oxygen atoms in total. The highest BCUT2D eigenvalue weighted by Crippen LogP contribution is 2.21. The Morgan fingerprint density at radius 1 is 1.30 bits per heavy atom. The van der Waals surface area contributed by atoms with Crippen LogP contribution in [0.5, 0.6) is 5.75 Å². The first-order chi connectivity index (χ1) is 9.73. The third-order valence-electron chi connectivity index (χ3n) is 3.22. The minimum atomic E-state index is 0.667. The van der Waals surface area contributed by atoms with Gasteiger partial charge in [-0.25, -0.2) is 0 Å². The second-order valence-electron chi connectivity index (χ2n) is 4.42. The largest absolute Gasteiger partial charge is 0.498 e. The lowest BCUT2D eigenvalue weighted by atomic mass is 10.3. The molecule has 0 aliphatic heterocycles. The summed E-state index contributed by atoms with van der Waals surface area (Å²) in [4.78, 5) is 0. The van der Waals surface area contributed by atoms with Crippen LogP contribution in [0, 0.1) is 0 Å². The van der Waals surface area contributed by atoms with Gasteiger partial charge >= 0.3 is 5.89 Å². The number of benzene rings is 1. The summed E-state index contributed by atoms with van der Waals surface area (Å²) in [5.41, 5.74) is 1.89. The Bertz CT molecular complexity index is 613. The highest BCUT2D eigenvalue weighted by atomic mass is 16.5. The van der Waals surface area contributed by atoms with Crippen molar-refractivity contribution in [1.82, 2.24) is 0 Å². The van der Waals surface area contributed by atoms with E-state index in [4.69, 9.17) is 13.9 Å². The summed E-state index contributed by atoms with van der Waals surface area (Å²) in [6.07, 6.45) is 2.82. The number of hydrogen-bond acceptors (Lipinski definition) is 3. The molecule has 0 saturated carbocycles. The van der Waals surface area contributed by atoms with Gasteiger partial charge in [0.25, 0.3) is 5.52 Å². The van der Waals surface area contributed by atoms with Gasteiger partial charge in [-0.15, -0.1) is 0 Å². The zero-order valence-electron chi connectivity index (χ0n) is 12.6. The molecule has 1 heterocycles. The Kier molecular flexibility index (Phi) is 4.66. The van der Waals surface area contributed by atoms with Crippen molar-refractivity contribution in [3.63, 3.8) is 0 Å². The maximum Gasteiger partial charge on any atom is 0.377 e. The van der Waals surface area contributed by atoms with Gasteiger partial charge in [-0.1, -0.05) is 6.92 Å². The Labute approximate surface area is 119 Å². The van der Waals surface area contributed by atoms with Gasteiger partial charge in [0.05, 0.1) is 25.9 Å². The summed E-state index contributed by atoms with van der Waals surface area (Å²) >= 11 is 0. The van der Waals surface area contributed by atoms with Gasteiger partial charge in [-0.3, -0.25) is 0 Å². The van der Waals surface area contributed by atoms with E-state index in [1.54, 1.807) is 7.11 Å². The van der Waals surface area contributed by atoms with Crippen LogP contribution in [0.1, 0.15) is 33.1 Å². The van der Waals surface area contributed by atoms with Crippen molar-refractivity contribution in [3.8, 4) is 5.75 Å². The SMILES string of the molecule is CCO/C(=C/c1oc2ccc(OC)cc2[n+]1CC)CC. The molecule has 1 aromatic carbocycles. The number of fused-ring (bicyclic) bond motifs is 1. The number of rotatable bonds is 6. The normalized spacial score (nSPS) is 11.9. The van der Waals surface area contributed by atoms with Gasteiger partial charge in [0.15, 0.2) is 0 Å². The molecule has 0 aliphatic rings. The van der Waals surface area contributed by atoms with Crippen molar-refractivity contribution in [2.75, 3.05) is 13.7 Å². The molecule has 108 valence electrons. The maximum absolute atomic E-state index is 5.92. The number of nitrogens with zero attached hydrogens (tertiary/aromatic N) is 1. The minimum absolute atomic E-state index is 0.667. The van der Waals surface area contributed by atoms with Crippen LogP contribution in [0.3, 0.4) is 0 Å². The van der Waals surface area contributed by atoms with E-state index < -0.39 is 0 Å². The second-order valence-corrected chi connectivity index (χ2v) is 4.42. The van der Waals surface area contributed by atoms with E-state index in [2.05, 4.69) is 18.4 Å². The Morgan fingerprint density at radius 2 is 2.10 bits per heavy atom. The minimum Gasteiger partial charge on any atom is -0.498 e. The van der Waals surface area contributed by atoms with E-state index in [1.165, 1.54) is 0 Å². The van der Waals surface area contributed by atoms with E-state index >= 15 is 0 Å². The summed E-state index contributed by atoms with van der Waals surface area (Å²) in [6, 6.07) is 5.83. The van der Waals surface area contributed by atoms with E-state index in [0.29, 0.717) is 6.61 Å². The zero-order valence-corrected chi connectivity index (χ0v) is 12.6. The number of methoxy groups -OCH3 is 1. The van der Waals surface area contributed by atoms with Crippen LogP contribution in [-0.2, 0) is 11.3 Å². The molecule has 4 heteroatoms. The van der Waals surface area contributed by atoms with Crippen molar-refractivity contribution in [1.29, 1.82) is 0 Å². The zero-order chi connectivity index (χ0) is 14.5. The quantitative estimate of drug-likeness (QED) is 0.598. The Balaban J connectivity index is 2.53. The smallest absolute Gasteiger partial charge is 0.377 e. The molecule has 0 aliphatic carbocycles. The average Bonchev–Trinajstić information content (AvgIpc) is 2.82. The van der Waals surface area contributed by atoms with Crippen LogP contribution in [0.2, 0.25) is 0 Å². The molecule has 0 N–H and O–H groups in total. The van der Waals surface area contributed by atoms with Crippen LogP contribution >= 0.6 is 0 Å². The van der Waals surface area contributed by atoms with Gasteiger partial charge in [-0.2, -0.15) is 4.57 Å². The molecule has 0 amide bonds. The van der Waals surface area contributed by atoms with Crippen molar-refractivity contribution < 1.29 is 18.5 Å². The van der Waals surface area contributed by atoms with Gasteiger partial charge in [-0.05, 0) is 26.0 Å². The number of aromatic nitrogens is 1. The predicted octanol–water partition coefficient (Wildman–Crippen LogP) is 3.54. The molecule has 2 aromatic rings. The molecular weight excluding hydrogens is 254 g/mol. The van der Waals surface area contributed by atoms with Gasteiger partial charge in [0.2, 0.25) is 5.58 Å². The molecule has 0 radical (unpaired) electrons. The maximum atomic E-state index is 5.92. The first-order valence-electron chi connectivity index (χ1n) is 7.07. The fourth-order valence-electron chi connectivity index (χ4n) is 2.21. The molecule has 0 unspecified atom stereocenters. The van der Waals surface area contributed by atoms with Gasteiger partial charge in [0, 0.05) is 6.42 Å². The lowest BCUT2D eigenvalue weighted by molar-refractivity contribution is -0.674. The van der Waals surface area contributed by atoms with Crippen LogP contribution < -0.4 is 9.30 Å². The Hall–Kier alpha value is -1.97. The molecular formula is C16H22NO3+. The lowest BCUT2D eigenvalue weighted by Gasteiger charge is -2.03. The predicted molar refractivity (Wildman–Crippen MR) is 78.5 cm³/mol. The number of oxazole rings is 1. The number of allylic oxidation sites excluding steroid dienone is 1. The fourth-order valence-corrected chi connectivity index (χ4v) is 2.21. The average molecular weight is 276 g/mol. The monoisotopic (exact) mass is 276 g/mol.